The highest BCUT2D eigenvalue weighted by atomic mass is 16.2. The van der Waals surface area contributed by atoms with E-state index in [1.165, 1.54) is 0 Å². The summed E-state index contributed by atoms with van der Waals surface area (Å²) in [6.07, 6.45) is 1.92. The first-order chi connectivity index (χ1) is 7.79. The number of carbonyl (C=O) groups excluding carboxylic acids is 1. The van der Waals surface area contributed by atoms with Gasteiger partial charge in [0.05, 0.1) is 17.7 Å². The zero-order valence-corrected chi connectivity index (χ0v) is 8.86. The summed E-state index contributed by atoms with van der Waals surface area (Å²) in [4.78, 5) is 11.8. The smallest absolute Gasteiger partial charge is 0.241 e. The fraction of sp³-hybridized carbons (Fsp3) is 0.333. The third kappa shape index (κ3) is 2.38. The number of amides is 1. The van der Waals surface area contributed by atoms with Gasteiger partial charge in [0.15, 0.2) is 0 Å². The molecule has 4 heteroatoms. The molecule has 1 aromatic rings. The molecule has 0 radical (unpaired) electrons. The Bertz CT molecular complexity index is 430. The molecule has 0 saturated carbocycles. The van der Waals surface area contributed by atoms with Gasteiger partial charge in [-0.1, -0.05) is 6.07 Å². The highest BCUT2D eigenvalue weighted by Crippen LogP contribution is 2.12. The first kappa shape index (κ1) is 10.7. The third-order valence-electron chi connectivity index (χ3n) is 2.64. The van der Waals surface area contributed by atoms with Crippen molar-refractivity contribution in [1.82, 2.24) is 5.32 Å². The molecule has 0 unspecified atom stereocenters. The molecule has 1 heterocycles. The molecule has 1 aliphatic heterocycles. The van der Waals surface area contributed by atoms with E-state index < -0.39 is 0 Å². The molecule has 2 rings (SSSR count). The van der Waals surface area contributed by atoms with Crippen LogP contribution in [0.15, 0.2) is 24.3 Å². The van der Waals surface area contributed by atoms with Gasteiger partial charge in [0.2, 0.25) is 5.91 Å². The van der Waals surface area contributed by atoms with Crippen LogP contribution in [0.25, 0.3) is 0 Å². The maximum atomic E-state index is 11.8. The second-order valence-electron chi connectivity index (χ2n) is 3.83. The van der Waals surface area contributed by atoms with Gasteiger partial charge >= 0.3 is 0 Å². The van der Waals surface area contributed by atoms with Crippen LogP contribution >= 0.6 is 0 Å². The summed E-state index contributed by atoms with van der Waals surface area (Å²) in [6.45, 7) is 0.899. The number of nitrogens with zero attached hydrogens (tertiary/aromatic N) is 1. The largest absolute Gasteiger partial charge is 0.325 e. The van der Waals surface area contributed by atoms with E-state index in [9.17, 15) is 4.79 Å². The molecule has 0 aliphatic carbocycles. The topological polar surface area (TPSA) is 64.9 Å². The van der Waals surface area contributed by atoms with Crippen molar-refractivity contribution in [2.45, 2.75) is 18.9 Å². The van der Waals surface area contributed by atoms with Crippen molar-refractivity contribution in [1.29, 1.82) is 5.26 Å². The Labute approximate surface area is 94.3 Å². The minimum atomic E-state index is -0.0919. The van der Waals surface area contributed by atoms with Gasteiger partial charge < -0.3 is 10.6 Å². The minimum Gasteiger partial charge on any atom is -0.325 e. The monoisotopic (exact) mass is 215 g/mol. The molecule has 1 saturated heterocycles. The van der Waals surface area contributed by atoms with Crippen molar-refractivity contribution in [3.05, 3.63) is 29.8 Å². The lowest BCUT2D eigenvalue weighted by molar-refractivity contribution is -0.117. The molecule has 1 atom stereocenters. The van der Waals surface area contributed by atoms with Crippen molar-refractivity contribution in [3.63, 3.8) is 0 Å². The van der Waals surface area contributed by atoms with Gasteiger partial charge in [-0.25, -0.2) is 0 Å². The summed E-state index contributed by atoms with van der Waals surface area (Å²) >= 11 is 0. The highest BCUT2D eigenvalue weighted by molar-refractivity contribution is 5.95. The lowest BCUT2D eigenvalue weighted by Crippen LogP contribution is -2.35. The first-order valence-electron chi connectivity index (χ1n) is 5.34. The quantitative estimate of drug-likeness (QED) is 0.780. The van der Waals surface area contributed by atoms with Crippen LogP contribution in [0.5, 0.6) is 0 Å². The molecule has 16 heavy (non-hydrogen) atoms. The predicted octanol–water partition coefficient (Wildman–Crippen LogP) is 1.25. The molecular weight excluding hydrogens is 202 g/mol. The van der Waals surface area contributed by atoms with Gasteiger partial charge in [-0.05, 0) is 37.6 Å². The van der Waals surface area contributed by atoms with Crippen LogP contribution in [0.3, 0.4) is 0 Å². The molecule has 0 aromatic heterocycles. The number of hydrogen-bond acceptors (Lipinski definition) is 3. The first-order valence-corrected chi connectivity index (χ1v) is 5.34. The van der Waals surface area contributed by atoms with Gasteiger partial charge in [0.1, 0.15) is 0 Å². The Morgan fingerprint density at radius 2 is 2.44 bits per heavy atom. The number of carbonyl (C=O) groups is 1. The molecule has 4 nitrogen and oxygen atoms in total. The molecule has 0 spiro atoms. The van der Waals surface area contributed by atoms with Crippen molar-refractivity contribution in [3.8, 4) is 6.07 Å². The van der Waals surface area contributed by atoms with Crippen LogP contribution in [0, 0.1) is 11.3 Å². The summed E-state index contributed by atoms with van der Waals surface area (Å²) in [5.41, 5.74) is 1.23. The van der Waals surface area contributed by atoms with Gasteiger partial charge in [-0.3, -0.25) is 4.79 Å². The molecule has 82 valence electrons. The zero-order valence-electron chi connectivity index (χ0n) is 8.86. The van der Waals surface area contributed by atoms with E-state index >= 15 is 0 Å². The Balaban J connectivity index is 2.03. The lowest BCUT2D eigenvalue weighted by atomic mass is 10.2. The number of rotatable bonds is 2. The van der Waals surface area contributed by atoms with E-state index in [4.69, 9.17) is 5.26 Å². The van der Waals surface area contributed by atoms with Crippen LogP contribution in [0.1, 0.15) is 18.4 Å². The number of anilines is 1. The fourth-order valence-electron chi connectivity index (χ4n) is 1.80. The molecule has 0 bridgehead atoms. The van der Waals surface area contributed by atoms with E-state index in [0.29, 0.717) is 11.3 Å². The van der Waals surface area contributed by atoms with E-state index in [2.05, 4.69) is 10.6 Å². The number of benzene rings is 1. The van der Waals surface area contributed by atoms with Crippen molar-refractivity contribution in [2.75, 3.05) is 11.9 Å². The van der Waals surface area contributed by atoms with E-state index in [-0.39, 0.29) is 11.9 Å². The summed E-state index contributed by atoms with van der Waals surface area (Å²) in [5.74, 6) is -0.0208. The average Bonchev–Trinajstić information content (AvgIpc) is 2.83. The fourth-order valence-corrected chi connectivity index (χ4v) is 1.80. The molecule has 1 fully saturated rings. The number of nitrogens with one attached hydrogen (secondary N) is 2. The maximum absolute atomic E-state index is 11.8. The molecule has 1 aromatic carbocycles. The zero-order chi connectivity index (χ0) is 11.4. The highest BCUT2D eigenvalue weighted by Gasteiger charge is 2.21. The summed E-state index contributed by atoms with van der Waals surface area (Å²) in [5, 5.41) is 14.7. The van der Waals surface area contributed by atoms with Crippen LogP contribution in [0.4, 0.5) is 5.69 Å². The van der Waals surface area contributed by atoms with Crippen LogP contribution < -0.4 is 10.6 Å². The molecule has 2 N–H and O–H groups in total. The van der Waals surface area contributed by atoms with Gasteiger partial charge in [0.25, 0.3) is 0 Å². The van der Waals surface area contributed by atoms with E-state index in [0.717, 1.165) is 19.4 Å². The number of nitriles is 1. The summed E-state index contributed by atoms with van der Waals surface area (Å²) in [6, 6.07) is 8.88. The van der Waals surface area contributed by atoms with Crippen molar-refractivity contribution < 1.29 is 4.79 Å². The Kier molecular flexibility index (Phi) is 3.18. The van der Waals surface area contributed by atoms with Crippen molar-refractivity contribution >= 4 is 11.6 Å². The van der Waals surface area contributed by atoms with Gasteiger partial charge in [-0.15, -0.1) is 0 Å². The minimum absolute atomic E-state index is 0.0208. The Morgan fingerprint density at radius 3 is 3.12 bits per heavy atom. The molecular formula is C12H13N3O. The lowest BCUT2D eigenvalue weighted by Gasteiger charge is -2.10. The maximum Gasteiger partial charge on any atom is 0.241 e. The SMILES string of the molecule is N#Cc1cccc(NC(=O)[C@H]2CCCN2)c1. The summed E-state index contributed by atoms with van der Waals surface area (Å²) in [7, 11) is 0. The standard InChI is InChI=1S/C12H13N3O/c13-8-9-3-1-4-10(7-9)15-12(16)11-5-2-6-14-11/h1,3-4,7,11,14H,2,5-6H2,(H,15,16)/t11-/m1/s1. The third-order valence-corrected chi connectivity index (χ3v) is 2.64. The Morgan fingerprint density at radius 1 is 1.56 bits per heavy atom. The Hall–Kier alpha value is -1.86. The van der Waals surface area contributed by atoms with Crippen LogP contribution in [-0.2, 0) is 4.79 Å². The van der Waals surface area contributed by atoms with E-state index in [1.807, 2.05) is 6.07 Å². The normalized spacial score (nSPS) is 19.1. The van der Waals surface area contributed by atoms with E-state index in [1.54, 1.807) is 24.3 Å². The second kappa shape index (κ2) is 4.77. The van der Waals surface area contributed by atoms with Crippen molar-refractivity contribution in [2.24, 2.45) is 0 Å². The number of hydrogen-bond donors (Lipinski definition) is 2. The second-order valence-corrected chi connectivity index (χ2v) is 3.83. The van der Waals surface area contributed by atoms with Crippen LogP contribution in [-0.4, -0.2) is 18.5 Å². The summed E-state index contributed by atoms with van der Waals surface area (Å²) < 4.78 is 0. The molecule has 1 aliphatic rings. The van der Waals surface area contributed by atoms with Crippen LogP contribution in [0.2, 0.25) is 0 Å². The van der Waals surface area contributed by atoms with Gasteiger partial charge in [0, 0.05) is 5.69 Å². The average molecular weight is 215 g/mol. The van der Waals surface area contributed by atoms with Gasteiger partial charge in [-0.2, -0.15) is 5.26 Å². The predicted molar refractivity (Wildman–Crippen MR) is 60.8 cm³/mol. The molecule has 1 amide bonds.